The van der Waals surface area contributed by atoms with Gasteiger partial charge in [-0.3, -0.25) is 4.79 Å². The summed E-state index contributed by atoms with van der Waals surface area (Å²) in [5.74, 6) is 0.852. The topological polar surface area (TPSA) is 80.8 Å². The fourth-order valence-corrected chi connectivity index (χ4v) is 3.95. The molecule has 1 N–H and O–H groups in total. The first-order valence-corrected chi connectivity index (χ1v) is 11.5. The quantitative estimate of drug-likeness (QED) is 0.524. The molecule has 0 spiro atoms. The van der Waals surface area contributed by atoms with Gasteiger partial charge in [-0.2, -0.15) is 0 Å². The molecule has 1 fully saturated rings. The number of anilines is 2. The summed E-state index contributed by atoms with van der Waals surface area (Å²) in [5, 5.41) is 3.76. The standard InChI is InChI=1S/C26H29N3O4/c1-2-32-26(31)20-10-13-21(14-11-20)27-24(30)18-33-22-9-7-8-19-12-15-23(28-25(19)22)29-16-5-3-4-6-17-29/h7-15H,2-6,16-18H2,1H3,(H,27,30). The Hall–Kier alpha value is -3.61. The number of fused-ring (bicyclic) bond motifs is 1. The molecule has 7 nitrogen and oxygen atoms in total. The molecule has 1 aliphatic heterocycles. The third-order valence-corrected chi connectivity index (χ3v) is 5.64. The molecule has 1 amide bonds. The van der Waals surface area contributed by atoms with Crippen molar-refractivity contribution in [3.63, 3.8) is 0 Å². The molecule has 2 heterocycles. The second-order valence-corrected chi connectivity index (χ2v) is 8.03. The highest BCUT2D eigenvalue weighted by molar-refractivity contribution is 5.94. The zero-order valence-electron chi connectivity index (χ0n) is 18.9. The number of pyridine rings is 1. The van der Waals surface area contributed by atoms with E-state index in [1.165, 1.54) is 25.7 Å². The Labute approximate surface area is 193 Å². The average Bonchev–Trinajstić information content (AvgIpc) is 3.13. The molecule has 4 rings (SSSR count). The van der Waals surface area contributed by atoms with Gasteiger partial charge in [-0.15, -0.1) is 0 Å². The predicted octanol–water partition coefficient (Wildman–Crippen LogP) is 4.81. The lowest BCUT2D eigenvalue weighted by Gasteiger charge is -2.22. The van der Waals surface area contributed by atoms with Crippen LogP contribution in [0.2, 0.25) is 0 Å². The Morgan fingerprint density at radius 1 is 0.970 bits per heavy atom. The molecular formula is C26H29N3O4. The Bertz CT molecular complexity index is 1110. The molecule has 2 aromatic carbocycles. The van der Waals surface area contributed by atoms with Crippen LogP contribution in [-0.2, 0) is 9.53 Å². The number of hydrogen-bond donors (Lipinski definition) is 1. The van der Waals surface area contributed by atoms with Crippen LogP contribution in [0.1, 0.15) is 43.0 Å². The highest BCUT2D eigenvalue weighted by Crippen LogP contribution is 2.27. The number of para-hydroxylation sites is 1. The van der Waals surface area contributed by atoms with Gasteiger partial charge in [0.05, 0.1) is 12.2 Å². The highest BCUT2D eigenvalue weighted by Gasteiger charge is 2.14. The van der Waals surface area contributed by atoms with E-state index in [4.69, 9.17) is 14.5 Å². The summed E-state index contributed by atoms with van der Waals surface area (Å²) < 4.78 is 10.8. The zero-order valence-corrected chi connectivity index (χ0v) is 18.9. The summed E-state index contributed by atoms with van der Waals surface area (Å²) in [6.07, 6.45) is 4.88. The molecule has 0 aliphatic carbocycles. The van der Waals surface area contributed by atoms with Crippen LogP contribution in [-0.4, -0.2) is 43.2 Å². The molecule has 0 atom stereocenters. The minimum absolute atomic E-state index is 0.144. The number of aromatic nitrogens is 1. The molecule has 1 saturated heterocycles. The van der Waals surface area contributed by atoms with Gasteiger partial charge >= 0.3 is 5.97 Å². The predicted molar refractivity (Wildman–Crippen MR) is 129 cm³/mol. The largest absolute Gasteiger partial charge is 0.481 e. The van der Waals surface area contributed by atoms with Crippen LogP contribution in [0, 0.1) is 0 Å². The second kappa shape index (κ2) is 10.8. The van der Waals surface area contributed by atoms with Gasteiger partial charge in [0.2, 0.25) is 0 Å². The number of benzene rings is 2. The van der Waals surface area contributed by atoms with Gasteiger partial charge in [0, 0.05) is 24.2 Å². The third kappa shape index (κ3) is 5.80. The molecule has 0 saturated carbocycles. The maximum Gasteiger partial charge on any atom is 0.338 e. The molecule has 33 heavy (non-hydrogen) atoms. The minimum atomic E-state index is -0.387. The van der Waals surface area contributed by atoms with Crippen molar-refractivity contribution in [1.29, 1.82) is 0 Å². The Morgan fingerprint density at radius 3 is 2.45 bits per heavy atom. The SMILES string of the molecule is CCOC(=O)c1ccc(NC(=O)COc2cccc3ccc(N4CCCCCC4)nc23)cc1. The number of amides is 1. The van der Waals surface area contributed by atoms with Crippen LogP contribution < -0.4 is 15.0 Å². The fraction of sp³-hybridized carbons (Fsp3) is 0.346. The number of ether oxygens (including phenoxy) is 2. The first kappa shape index (κ1) is 22.6. The fourth-order valence-electron chi connectivity index (χ4n) is 3.95. The van der Waals surface area contributed by atoms with Crippen LogP contribution in [0.25, 0.3) is 10.9 Å². The molecule has 1 aromatic heterocycles. The van der Waals surface area contributed by atoms with Crippen molar-refractivity contribution < 1.29 is 19.1 Å². The first-order valence-electron chi connectivity index (χ1n) is 11.5. The number of esters is 1. The summed E-state index contributed by atoms with van der Waals surface area (Å²) in [5.41, 5.74) is 1.77. The zero-order chi connectivity index (χ0) is 23.0. The van der Waals surface area contributed by atoms with Crippen molar-refractivity contribution in [2.75, 3.05) is 36.5 Å². The van der Waals surface area contributed by atoms with Gasteiger partial charge in [0.1, 0.15) is 17.1 Å². The molecular weight excluding hydrogens is 418 g/mol. The summed E-state index contributed by atoms with van der Waals surface area (Å²) >= 11 is 0. The van der Waals surface area contributed by atoms with E-state index >= 15 is 0 Å². The maximum absolute atomic E-state index is 12.4. The van der Waals surface area contributed by atoms with Crippen LogP contribution in [0.4, 0.5) is 11.5 Å². The van der Waals surface area contributed by atoms with Gasteiger partial charge in [-0.05, 0) is 62.2 Å². The first-order chi connectivity index (χ1) is 16.1. The molecule has 0 radical (unpaired) electrons. The van der Waals surface area contributed by atoms with Crippen LogP contribution >= 0.6 is 0 Å². The van der Waals surface area contributed by atoms with Crippen LogP contribution in [0.5, 0.6) is 5.75 Å². The number of carbonyl (C=O) groups is 2. The van der Waals surface area contributed by atoms with Gasteiger partial charge in [0.15, 0.2) is 6.61 Å². The van der Waals surface area contributed by atoms with Crippen LogP contribution in [0.15, 0.2) is 54.6 Å². The Balaban J connectivity index is 1.41. The van der Waals surface area contributed by atoms with Crippen molar-refractivity contribution in [2.45, 2.75) is 32.6 Å². The van der Waals surface area contributed by atoms with E-state index < -0.39 is 0 Å². The van der Waals surface area contributed by atoms with Gasteiger partial charge < -0.3 is 19.7 Å². The van der Waals surface area contributed by atoms with Gasteiger partial charge in [-0.25, -0.2) is 9.78 Å². The summed E-state index contributed by atoms with van der Waals surface area (Å²) in [7, 11) is 0. The van der Waals surface area contributed by atoms with Crippen molar-refractivity contribution in [3.05, 3.63) is 60.2 Å². The lowest BCUT2D eigenvalue weighted by Crippen LogP contribution is -2.24. The number of nitrogens with zero attached hydrogens (tertiary/aromatic N) is 2. The van der Waals surface area contributed by atoms with Crippen molar-refractivity contribution in [1.82, 2.24) is 4.98 Å². The van der Waals surface area contributed by atoms with E-state index in [0.29, 0.717) is 23.6 Å². The van der Waals surface area contributed by atoms with Crippen LogP contribution in [0.3, 0.4) is 0 Å². The molecule has 1 aliphatic rings. The summed E-state index contributed by atoms with van der Waals surface area (Å²) in [6.45, 7) is 3.96. The van der Waals surface area contributed by atoms with Gasteiger partial charge in [-0.1, -0.05) is 25.0 Å². The smallest absolute Gasteiger partial charge is 0.338 e. The maximum atomic E-state index is 12.4. The number of rotatable bonds is 7. The molecule has 0 bridgehead atoms. The van der Waals surface area contributed by atoms with Crippen molar-refractivity contribution in [3.8, 4) is 5.75 Å². The number of hydrogen-bond acceptors (Lipinski definition) is 6. The highest BCUT2D eigenvalue weighted by atomic mass is 16.5. The minimum Gasteiger partial charge on any atom is -0.481 e. The second-order valence-electron chi connectivity index (χ2n) is 8.03. The molecule has 0 unspecified atom stereocenters. The van der Waals surface area contributed by atoms with E-state index in [9.17, 15) is 9.59 Å². The van der Waals surface area contributed by atoms with E-state index in [1.807, 2.05) is 18.2 Å². The Morgan fingerprint density at radius 2 is 1.73 bits per heavy atom. The van der Waals surface area contributed by atoms with E-state index in [-0.39, 0.29) is 18.5 Å². The molecule has 3 aromatic rings. The van der Waals surface area contributed by atoms with E-state index in [1.54, 1.807) is 31.2 Å². The summed E-state index contributed by atoms with van der Waals surface area (Å²) in [6, 6.07) is 16.4. The number of nitrogens with one attached hydrogen (secondary N) is 1. The lowest BCUT2D eigenvalue weighted by atomic mass is 10.2. The summed E-state index contributed by atoms with van der Waals surface area (Å²) in [4.78, 5) is 31.4. The van der Waals surface area contributed by atoms with E-state index in [2.05, 4.69) is 22.3 Å². The number of carbonyl (C=O) groups excluding carboxylic acids is 2. The third-order valence-electron chi connectivity index (χ3n) is 5.64. The van der Waals surface area contributed by atoms with Crippen molar-refractivity contribution >= 4 is 34.3 Å². The monoisotopic (exact) mass is 447 g/mol. The molecule has 172 valence electrons. The van der Waals surface area contributed by atoms with E-state index in [0.717, 1.165) is 29.8 Å². The Kier molecular flexibility index (Phi) is 7.40. The normalized spacial score (nSPS) is 13.9. The lowest BCUT2D eigenvalue weighted by molar-refractivity contribution is -0.118. The molecule has 7 heteroatoms. The van der Waals surface area contributed by atoms with Crippen molar-refractivity contribution in [2.24, 2.45) is 0 Å². The van der Waals surface area contributed by atoms with Gasteiger partial charge in [0.25, 0.3) is 5.91 Å². The average molecular weight is 448 g/mol.